The van der Waals surface area contributed by atoms with Gasteiger partial charge in [-0.15, -0.1) is 24.0 Å². The van der Waals surface area contributed by atoms with Gasteiger partial charge in [0.25, 0.3) is 5.91 Å². The minimum absolute atomic E-state index is 0. The topological polar surface area (TPSA) is 80.3 Å². The number of benzene rings is 1. The lowest BCUT2D eigenvalue weighted by Crippen LogP contribution is -2.57. The number of carbonyl (C=O) groups excluding carboxylic acids is 2. The largest absolute Gasteiger partial charge is 0.357 e. The van der Waals surface area contributed by atoms with E-state index in [9.17, 15) is 9.59 Å². The summed E-state index contributed by atoms with van der Waals surface area (Å²) in [5.74, 6) is 1.08. The van der Waals surface area contributed by atoms with Crippen molar-refractivity contribution < 1.29 is 9.59 Å². The van der Waals surface area contributed by atoms with Crippen LogP contribution >= 0.6 is 24.0 Å². The van der Waals surface area contributed by atoms with E-state index in [-0.39, 0.29) is 41.8 Å². The molecule has 2 N–H and O–H groups in total. The van der Waals surface area contributed by atoms with Gasteiger partial charge in [0.05, 0.1) is 12.6 Å². The van der Waals surface area contributed by atoms with Crippen molar-refractivity contribution in [3.05, 3.63) is 35.4 Å². The molecule has 1 aromatic rings. The highest BCUT2D eigenvalue weighted by Gasteiger charge is 2.30. The fraction of sp³-hybridized carbons (Fsp3) is 0.609. The van der Waals surface area contributed by atoms with Gasteiger partial charge < -0.3 is 20.4 Å². The van der Waals surface area contributed by atoms with E-state index < -0.39 is 0 Å². The summed E-state index contributed by atoms with van der Waals surface area (Å²) in [7, 11) is 1.63. The van der Waals surface area contributed by atoms with Gasteiger partial charge in [0.1, 0.15) is 0 Å². The first-order valence-corrected chi connectivity index (χ1v) is 11.4. The summed E-state index contributed by atoms with van der Waals surface area (Å²) in [6.45, 7) is 10.7. The lowest BCUT2D eigenvalue weighted by molar-refractivity contribution is -0.135. The molecule has 2 aliphatic heterocycles. The summed E-state index contributed by atoms with van der Waals surface area (Å²) in [6, 6.07) is 7.49. The molecule has 9 heteroatoms. The monoisotopic (exact) mass is 556 g/mol. The maximum Gasteiger partial charge on any atom is 0.251 e. The Hall–Kier alpha value is -1.88. The summed E-state index contributed by atoms with van der Waals surface area (Å²) in [5, 5.41) is 6.02. The van der Waals surface area contributed by atoms with Crippen molar-refractivity contribution >= 4 is 41.8 Å². The molecule has 178 valence electrons. The lowest BCUT2D eigenvalue weighted by Gasteiger charge is -2.39. The van der Waals surface area contributed by atoms with E-state index in [4.69, 9.17) is 4.99 Å². The molecule has 3 rings (SSSR count). The lowest BCUT2D eigenvalue weighted by atomic mass is 10.1. The summed E-state index contributed by atoms with van der Waals surface area (Å²) in [6.07, 6.45) is 2.26. The van der Waals surface area contributed by atoms with Crippen LogP contribution in [0.3, 0.4) is 0 Å². The fourth-order valence-corrected chi connectivity index (χ4v) is 4.18. The van der Waals surface area contributed by atoms with Crippen LogP contribution in [0.15, 0.2) is 29.3 Å². The molecule has 0 bridgehead atoms. The SMILES string of the molecule is CCNC(=NCc1ccc(C(=O)NC)cc1)N1CCN(C(C)C(=O)N2CCCC2)CC1.I. The molecule has 1 unspecified atom stereocenters. The molecule has 0 aromatic heterocycles. The Morgan fingerprint density at radius 1 is 1.00 bits per heavy atom. The third-order valence-corrected chi connectivity index (χ3v) is 6.13. The van der Waals surface area contributed by atoms with Crippen LogP contribution in [0.5, 0.6) is 0 Å². The highest BCUT2D eigenvalue weighted by atomic mass is 127. The van der Waals surface area contributed by atoms with Crippen molar-refractivity contribution in [2.75, 3.05) is 52.9 Å². The van der Waals surface area contributed by atoms with Gasteiger partial charge in [-0.25, -0.2) is 4.99 Å². The summed E-state index contributed by atoms with van der Waals surface area (Å²) >= 11 is 0. The number of likely N-dealkylation sites (tertiary alicyclic amines) is 1. The van der Waals surface area contributed by atoms with Crippen molar-refractivity contribution in [1.29, 1.82) is 0 Å². The van der Waals surface area contributed by atoms with Gasteiger partial charge in [0.2, 0.25) is 5.91 Å². The molecule has 2 aliphatic rings. The van der Waals surface area contributed by atoms with Crippen molar-refractivity contribution in [3.8, 4) is 0 Å². The van der Waals surface area contributed by atoms with Gasteiger partial charge in [0, 0.05) is 58.4 Å². The molecule has 0 spiro atoms. The van der Waals surface area contributed by atoms with Gasteiger partial charge in [-0.2, -0.15) is 0 Å². The fourth-order valence-electron chi connectivity index (χ4n) is 4.18. The third kappa shape index (κ3) is 6.81. The van der Waals surface area contributed by atoms with Gasteiger partial charge in [-0.05, 0) is 44.4 Å². The number of guanidine groups is 1. The molecular weight excluding hydrogens is 519 g/mol. The minimum Gasteiger partial charge on any atom is -0.357 e. The number of hydrogen-bond acceptors (Lipinski definition) is 4. The minimum atomic E-state index is -0.0845. The van der Waals surface area contributed by atoms with Crippen LogP contribution in [-0.4, -0.2) is 91.4 Å². The Bertz CT molecular complexity index is 771. The molecule has 2 heterocycles. The predicted octanol–water partition coefficient (Wildman–Crippen LogP) is 1.76. The number of halogens is 1. The quantitative estimate of drug-likeness (QED) is 0.317. The number of amides is 2. The van der Waals surface area contributed by atoms with E-state index in [2.05, 4.69) is 27.4 Å². The van der Waals surface area contributed by atoms with Crippen LogP contribution in [-0.2, 0) is 11.3 Å². The van der Waals surface area contributed by atoms with Crippen molar-refractivity contribution in [1.82, 2.24) is 25.3 Å². The molecule has 1 aromatic carbocycles. The van der Waals surface area contributed by atoms with Crippen LogP contribution in [0.1, 0.15) is 42.6 Å². The van der Waals surface area contributed by atoms with Crippen molar-refractivity contribution in [2.24, 2.45) is 4.99 Å². The Kier molecular flexibility index (Phi) is 10.7. The van der Waals surface area contributed by atoms with Gasteiger partial charge >= 0.3 is 0 Å². The average Bonchev–Trinajstić information content (AvgIpc) is 3.36. The van der Waals surface area contributed by atoms with E-state index >= 15 is 0 Å². The molecule has 1 atom stereocenters. The number of carbonyl (C=O) groups is 2. The molecule has 2 fully saturated rings. The van der Waals surface area contributed by atoms with Gasteiger partial charge in [-0.1, -0.05) is 12.1 Å². The van der Waals surface area contributed by atoms with Crippen LogP contribution < -0.4 is 10.6 Å². The summed E-state index contributed by atoms with van der Waals surface area (Å²) in [4.78, 5) is 35.8. The van der Waals surface area contributed by atoms with Gasteiger partial charge in [-0.3, -0.25) is 14.5 Å². The number of nitrogens with one attached hydrogen (secondary N) is 2. The highest BCUT2D eigenvalue weighted by molar-refractivity contribution is 14.0. The Morgan fingerprint density at radius 3 is 2.19 bits per heavy atom. The number of rotatable bonds is 6. The van der Waals surface area contributed by atoms with Crippen LogP contribution in [0, 0.1) is 0 Å². The van der Waals surface area contributed by atoms with E-state index in [1.165, 1.54) is 0 Å². The van der Waals surface area contributed by atoms with Crippen molar-refractivity contribution in [2.45, 2.75) is 39.3 Å². The first-order valence-electron chi connectivity index (χ1n) is 11.4. The Morgan fingerprint density at radius 2 is 1.62 bits per heavy atom. The predicted molar refractivity (Wildman–Crippen MR) is 138 cm³/mol. The molecular formula is C23H37IN6O2. The molecule has 0 aliphatic carbocycles. The second kappa shape index (κ2) is 13.0. The molecule has 2 saturated heterocycles. The zero-order valence-corrected chi connectivity index (χ0v) is 21.8. The van der Waals surface area contributed by atoms with E-state index in [1.54, 1.807) is 7.05 Å². The molecule has 32 heavy (non-hydrogen) atoms. The number of hydrogen-bond donors (Lipinski definition) is 2. The second-order valence-corrected chi connectivity index (χ2v) is 8.18. The molecule has 0 radical (unpaired) electrons. The van der Waals surface area contributed by atoms with Gasteiger partial charge in [0.15, 0.2) is 5.96 Å². The van der Waals surface area contributed by atoms with E-state index in [0.29, 0.717) is 12.1 Å². The maximum atomic E-state index is 12.7. The standard InChI is InChI=1S/C23H36N6O2.HI/c1-4-25-23(26-17-19-7-9-20(10-8-19)21(30)24-3)29-15-13-27(14-16-29)18(2)22(31)28-11-5-6-12-28;/h7-10,18H,4-6,11-17H2,1-3H3,(H,24,30)(H,25,26);1H. The highest BCUT2D eigenvalue weighted by Crippen LogP contribution is 2.14. The molecule has 8 nitrogen and oxygen atoms in total. The third-order valence-electron chi connectivity index (χ3n) is 6.13. The van der Waals surface area contributed by atoms with E-state index in [0.717, 1.165) is 70.2 Å². The first kappa shape index (κ1) is 26.4. The molecule has 2 amide bonds. The van der Waals surface area contributed by atoms with Crippen LogP contribution in [0.25, 0.3) is 0 Å². The van der Waals surface area contributed by atoms with E-state index in [1.807, 2.05) is 36.1 Å². The van der Waals surface area contributed by atoms with Crippen molar-refractivity contribution in [3.63, 3.8) is 0 Å². The average molecular weight is 556 g/mol. The van der Waals surface area contributed by atoms with Crippen LogP contribution in [0.2, 0.25) is 0 Å². The number of aliphatic imine (C=N–C) groups is 1. The normalized spacial score (nSPS) is 18.2. The Balaban J connectivity index is 0.00000363. The second-order valence-electron chi connectivity index (χ2n) is 8.18. The zero-order chi connectivity index (χ0) is 22.2. The first-order chi connectivity index (χ1) is 15.0. The maximum absolute atomic E-state index is 12.7. The number of piperazine rings is 1. The summed E-state index contributed by atoms with van der Waals surface area (Å²) < 4.78 is 0. The Labute approximate surface area is 208 Å². The zero-order valence-electron chi connectivity index (χ0n) is 19.5. The summed E-state index contributed by atoms with van der Waals surface area (Å²) in [5.41, 5.74) is 1.71. The smallest absolute Gasteiger partial charge is 0.251 e. The molecule has 0 saturated carbocycles. The van der Waals surface area contributed by atoms with Crippen LogP contribution in [0.4, 0.5) is 0 Å². The number of nitrogens with zero attached hydrogens (tertiary/aromatic N) is 4.